The second-order valence-electron chi connectivity index (χ2n) is 14.1. The van der Waals surface area contributed by atoms with Gasteiger partial charge in [0.1, 0.15) is 19.3 Å². The van der Waals surface area contributed by atoms with Gasteiger partial charge >= 0.3 is 11.9 Å². The molecule has 0 saturated carbocycles. The number of hydrogen-bond donors (Lipinski definition) is 2. The van der Waals surface area contributed by atoms with Crippen LogP contribution in [0.1, 0.15) is 140 Å². The van der Waals surface area contributed by atoms with Crippen molar-refractivity contribution in [2.45, 2.75) is 148 Å². The highest BCUT2D eigenvalue weighted by Gasteiger charge is 2.23. The fraction of sp³-hybridized carbons (Fsp3) is 0.636. The molecule has 2 N–H and O–H groups in total. The largest absolute Gasteiger partial charge is 0.463 e. The molecule has 2 rings (SSSR count). The van der Waals surface area contributed by atoms with E-state index in [1.807, 2.05) is 60.7 Å². The Morgan fingerprint density at radius 3 is 1.54 bits per heavy atom. The minimum Gasteiger partial charge on any atom is -0.463 e. The average Bonchev–Trinajstić information content (AvgIpc) is 3.18. The Kier molecular flexibility index (Phi) is 28.1. The molecule has 1 atom stereocenters. The van der Waals surface area contributed by atoms with Gasteiger partial charge in [0.15, 0.2) is 6.61 Å². The Morgan fingerprint density at radius 2 is 1.02 bits per heavy atom. The third-order valence-electron chi connectivity index (χ3n) is 9.14. The van der Waals surface area contributed by atoms with E-state index in [0.29, 0.717) is 26.0 Å². The van der Waals surface area contributed by atoms with E-state index in [2.05, 4.69) is 17.6 Å². The third kappa shape index (κ3) is 26.1. The van der Waals surface area contributed by atoms with Crippen LogP contribution in [0, 0.1) is 0 Å². The van der Waals surface area contributed by atoms with Crippen molar-refractivity contribution >= 4 is 23.8 Å². The van der Waals surface area contributed by atoms with Gasteiger partial charge in [-0.05, 0) is 36.8 Å². The number of unbranched alkanes of at least 4 members (excludes halogenated alkanes) is 16. The number of rotatable bonds is 34. The fourth-order valence-electron chi connectivity index (χ4n) is 6.02. The molecule has 0 aliphatic rings. The summed E-state index contributed by atoms with van der Waals surface area (Å²) in [5, 5.41) is 5.48. The van der Waals surface area contributed by atoms with Crippen molar-refractivity contribution in [2.24, 2.45) is 0 Å². The third-order valence-corrected chi connectivity index (χ3v) is 9.14. The zero-order valence-corrected chi connectivity index (χ0v) is 33.0. The first-order chi connectivity index (χ1) is 26.5. The van der Waals surface area contributed by atoms with Gasteiger partial charge in [-0.25, -0.2) is 9.59 Å². The summed E-state index contributed by atoms with van der Waals surface area (Å²) in [6, 6.07) is 18.1. The first-order valence-corrected chi connectivity index (χ1v) is 20.6. The van der Waals surface area contributed by atoms with Gasteiger partial charge in [-0.1, -0.05) is 164 Å². The molecule has 0 spiro atoms. The van der Waals surface area contributed by atoms with Crippen LogP contribution in [0.25, 0.3) is 0 Å². The first-order valence-electron chi connectivity index (χ1n) is 20.6. The summed E-state index contributed by atoms with van der Waals surface area (Å²) in [7, 11) is 0. The van der Waals surface area contributed by atoms with Gasteiger partial charge in [-0.3, -0.25) is 9.59 Å². The molecule has 10 heteroatoms. The lowest BCUT2D eigenvalue weighted by Gasteiger charge is -2.18. The van der Waals surface area contributed by atoms with E-state index in [1.165, 1.54) is 83.5 Å². The van der Waals surface area contributed by atoms with Crippen LogP contribution in [0.2, 0.25) is 0 Å². The minimum atomic E-state index is -0.976. The number of ether oxygens (including phenoxy) is 4. The Hall–Kier alpha value is -3.76. The molecule has 10 nitrogen and oxygen atoms in total. The molecular formula is C44H68N2O8. The second-order valence-corrected chi connectivity index (χ2v) is 14.1. The number of benzene rings is 2. The highest BCUT2D eigenvalue weighted by molar-refractivity contribution is 5.86. The standard InChI is InChI=1S/C44H68N2O8/c1-2-3-4-5-6-7-8-9-10-11-12-13-14-15-16-25-32-53-43(49)37-54-44(50)40(46-42(48)36-52-34-39-28-21-18-22-29-39)30-23-24-31-45-41(47)35-51-33-38-26-19-17-20-27-38/h17-22,26-29,40H,2-16,23-25,30-37H2,1H3,(H,45,47)(H,46,48)/t40-/m1/s1. The van der Waals surface area contributed by atoms with Crippen LogP contribution < -0.4 is 10.6 Å². The fourth-order valence-corrected chi connectivity index (χ4v) is 6.02. The Bertz CT molecular complexity index is 1240. The normalized spacial score (nSPS) is 11.5. The molecule has 0 heterocycles. The highest BCUT2D eigenvalue weighted by atomic mass is 16.6. The van der Waals surface area contributed by atoms with Crippen LogP contribution in [0.3, 0.4) is 0 Å². The van der Waals surface area contributed by atoms with E-state index in [-0.39, 0.29) is 38.8 Å². The van der Waals surface area contributed by atoms with Crippen LogP contribution in [-0.4, -0.2) is 62.8 Å². The van der Waals surface area contributed by atoms with Gasteiger partial charge in [0.25, 0.3) is 0 Å². The molecule has 0 fully saturated rings. The summed E-state index contributed by atoms with van der Waals surface area (Å²) >= 11 is 0. The summed E-state index contributed by atoms with van der Waals surface area (Å²) in [6.45, 7) is 2.72. The zero-order valence-electron chi connectivity index (χ0n) is 33.0. The monoisotopic (exact) mass is 752 g/mol. The maximum atomic E-state index is 12.9. The van der Waals surface area contributed by atoms with E-state index in [4.69, 9.17) is 18.9 Å². The van der Waals surface area contributed by atoms with E-state index < -0.39 is 30.5 Å². The summed E-state index contributed by atoms with van der Waals surface area (Å²) in [5.41, 5.74) is 1.91. The van der Waals surface area contributed by atoms with Gasteiger partial charge in [0.2, 0.25) is 11.8 Å². The SMILES string of the molecule is CCCCCCCCCCCCCCCCCCOC(=O)COC(=O)[C@@H](CCCCNC(=O)COCc1ccccc1)NC(=O)COCc1ccccc1. The van der Waals surface area contributed by atoms with Crippen molar-refractivity contribution in [2.75, 3.05) is 33.0 Å². The maximum Gasteiger partial charge on any atom is 0.344 e. The molecule has 2 aromatic rings. The van der Waals surface area contributed by atoms with Crippen LogP contribution in [-0.2, 0) is 51.3 Å². The quantitative estimate of drug-likeness (QED) is 0.0538. The van der Waals surface area contributed by atoms with Crippen LogP contribution in [0.5, 0.6) is 0 Å². The number of carbonyl (C=O) groups excluding carboxylic acids is 4. The topological polar surface area (TPSA) is 129 Å². The summed E-state index contributed by atoms with van der Waals surface area (Å²) in [4.78, 5) is 50.0. The molecule has 54 heavy (non-hydrogen) atoms. The van der Waals surface area contributed by atoms with Crippen LogP contribution in [0.15, 0.2) is 60.7 Å². The average molecular weight is 753 g/mol. The van der Waals surface area contributed by atoms with Crippen molar-refractivity contribution in [3.63, 3.8) is 0 Å². The molecule has 0 saturated heterocycles. The molecule has 0 aromatic heterocycles. The molecule has 0 unspecified atom stereocenters. The van der Waals surface area contributed by atoms with E-state index >= 15 is 0 Å². The number of esters is 2. The Morgan fingerprint density at radius 1 is 0.537 bits per heavy atom. The molecule has 0 radical (unpaired) electrons. The van der Waals surface area contributed by atoms with Crippen LogP contribution in [0.4, 0.5) is 0 Å². The van der Waals surface area contributed by atoms with E-state index in [1.54, 1.807) is 0 Å². The summed E-state index contributed by atoms with van der Waals surface area (Å²) in [5.74, 6) is -2.03. The lowest BCUT2D eigenvalue weighted by atomic mass is 10.0. The van der Waals surface area contributed by atoms with Crippen LogP contribution >= 0.6 is 0 Å². The summed E-state index contributed by atoms with van der Waals surface area (Å²) in [6.07, 6.45) is 21.6. The molecule has 0 bridgehead atoms. The van der Waals surface area contributed by atoms with Gasteiger partial charge in [0, 0.05) is 6.54 Å². The van der Waals surface area contributed by atoms with Crippen molar-refractivity contribution in [1.29, 1.82) is 0 Å². The lowest BCUT2D eigenvalue weighted by Crippen LogP contribution is -2.44. The predicted octanol–water partition coefficient (Wildman–Crippen LogP) is 8.54. The molecule has 0 aliphatic heterocycles. The molecule has 0 aliphatic carbocycles. The van der Waals surface area contributed by atoms with Gasteiger partial charge in [0.05, 0.1) is 19.8 Å². The molecule has 302 valence electrons. The maximum absolute atomic E-state index is 12.9. The number of nitrogens with one attached hydrogen (secondary N) is 2. The zero-order chi connectivity index (χ0) is 38.7. The minimum absolute atomic E-state index is 0.0571. The number of hydrogen-bond acceptors (Lipinski definition) is 8. The smallest absolute Gasteiger partial charge is 0.344 e. The predicted molar refractivity (Wildman–Crippen MR) is 212 cm³/mol. The van der Waals surface area contributed by atoms with Crippen molar-refractivity contribution < 1.29 is 38.1 Å². The van der Waals surface area contributed by atoms with E-state index in [0.717, 1.165) is 30.4 Å². The number of amides is 2. The van der Waals surface area contributed by atoms with Gasteiger partial charge in [-0.15, -0.1) is 0 Å². The molecular weight excluding hydrogens is 684 g/mol. The lowest BCUT2D eigenvalue weighted by molar-refractivity contribution is -0.160. The number of carbonyl (C=O) groups is 4. The van der Waals surface area contributed by atoms with E-state index in [9.17, 15) is 19.2 Å². The summed E-state index contributed by atoms with van der Waals surface area (Å²) < 4.78 is 21.5. The Labute approximate surface area is 324 Å². The molecule has 2 aromatic carbocycles. The van der Waals surface area contributed by atoms with Crippen molar-refractivity contribution in [3.05, 3.63) is 71.8 Å². The first kappa shape index (κ1) is 46.4. The second kappa shape index (κ2) is 32.7. The molecule has 2 amide bonds. The van der Waals surface area contributed by atoms with Gasteiger partial charge in [-0.2, -0.15) is 0 Å². The highest BCUT2D eigenvalue weighted by Crippen LogP contribution is 2.14. The Balaban J connectivity index is 1.58. The van der Waals surface area contributed by atoms with Crippen molar-refractivity contribution in [1.82, 2.24) is 10.6 Å². The van der Waals surface area contributed by atoms with Gasteiger partial charge < -0.3 is 29.6 Å². The van der Waals surface area contributed by atoms with Crippen molar-refractivity contribution in [3.8, 4) is 0 Å².